The van der Waals surface area contributed by atoms with E-state index in [1.54, 1.807) is 0 Å². The minimum atomic E-state index is -0.570. The molecule has 1 aliphatic rings. The first kappa shape index (κ1) is 17.0. The molecule has 0 spiro atoms. The molecule has 1 saturated heterocycles. The lowest BCUT2D eigenvalue weighted by atomic mass is 9.94. The van der Waals surface area contributed by atoms with Crippen molar-refractivity contribution in [3.63, 3.8) is 0 Å². The summed E-state index contributed by atoms with van der Waals surface area (Å²) in [6.45, 7) is 2.07. The first-order valence-corrected chi connectivity index (χ1v) is 11.4. The van der Waals surface area contributed by atoms with Crippen LogP contribution in [0, 0.1) is 0 Å². The molecule has 118 valence electrons. The molecule has 1 aromatic carbocycles. The van der Waals surface area contributed by atoms with Crippen LogP contribution in [0.4, 0.5) is 4.39 Å². The van der Waals surface area contributed by atoms with Crippen LogP contribution >= 0.6 is 11.6 Å². The van der Waals surface area contributed by atoms with Gasteiger partial charge < -0.3 is 0 Å². The quantitative estimate of drug-likeness (QED) is 0.511. The molecule has 0 bridgehead atoms. The molecule has 0 N–H and O–H groups in total. The molecule has 1 aliphatic heterocycles. The van der Waals surface area contributed by atoms with Crippen LogP contribution in [0.2, 0.25) is 23.2 Å². The largest absolute Gasteiger partial charge is 0.247 e. The second-order valence-corrected chi connectivity index (χ2v) is 10.5. The zero-order valence-electron chi connectivity index (χ0n) is 13.2. The first-order valence-electron chi connectivity index (χ1n) is 8.58. The van der Waals surface area contributed by atoms with E-state index in [2.05, 4.69) is 19.1 Å². The molecule has 0 aromatic heterocycles. The van der Waals surface area contributed by atoms with Gasteiger partial charge in [-0.2, -0.15) is 0 Å². The lowest BCUT2D eigenvalue weighted by Crippen LogP contribution is -2.20. The molecule has 1 aromatic rings. The molecule has 0 radical (unpaired) electrons. The van der Waals surface area contributed by atoms with Gasteiger partial charge in [0.25, 0.3) is 0 Å². The van der Waals surface area contributed by atoms with Crippen molar-refractivity contribution in [2.45, 2.75) is 75.7 Å². The van der Waals surface area contributed by atoms with E-state index in [0.29, 0.717) is 0 Å². The number of hydrogen-bond acceptors (Lipinski definition) is 0. The van der Waals surface area contributed by atoms with Gasteiger partial charge in [0, 0.05) is 13.8 Å². The summed E-state index contributed by atoms with van der Waals surface area (Å²) in [4.78, 5) is 0. The van der Waals surface area contributed by atoms with Gasteiger partial charge in [-0.1, -0.05) is 61.6 Å². The summed E-state index contributed by atoms with van der Waals surface area (Å²) in [6.07, 6.45) is 5.80. The second-order valence-electron chi connectivity index (χ2n) is 6.59. The van der Waals surface area contributed by atoms with Crippen LogP contribution in [0.15, 0.2) is 24.3 Å². The average Bonchev–Trinajstić information content (AvgIpc) is 2.49. The Balaban J connectivity index is 1.67. The summed E-state index contributed by atoms with van der Waals surface area (Å²) >= 11 is 5.96. The molecule has 0 amide bonds. The molecule has 0 aliphatic carbocycles. The van der Waals surface area contributed by atoms with Crippen molar-refractivity contribution in [1.82, 2.24) is 0 Å². The van der Waals surface area contributed by atoms with Crippen LogP contribution in [0.1, 0.15) is 56.9 Å². The Morgan fingerprint density at radius 2 is 1.86 bits per heavy atom. The van der Waals surface area contributed by atoms with Gasteiger partial charge in [-0.3, -0.25) is 0 Å². The van der Waals surface area contributed by atoms with Gasteiger partial charge in [-0.15, -0.1) is 0 Å². The Morgan fingerprint density at radius 3 is 2.48 bits per heavy atom. The zero-order chi connectivity index (χ0) is 15.1. The van der Waals surface area contributed by atoms with Crippen molar-refractivity contribution in [2.24, 2.45) is 0 Å². The van der Waals surface area contributed by atoms with Crippen molar-refractivity contribution in [3.05, 3.63) is 34.9 Å². The van der Waals surface area contributed by atoms with E-state index in [-0.39, 0.29) is 0 Å². The molecule has 1 unspecified atom stereocenters. The van der Waals surface area contributed by atoms with E-state index in [4.69, 9.17) is 11.6 Å². The van der Waals surface area contributed by atoms with E-state index in [0.717, 1.165) is 36.6 Å². The predicted molar refractivity (Wildman–Crippen MR) is 94.0 cm³/mol. The minimum absolute atomic E-state index is 0.547. The van der Waals surface area contributed by atoms with E-state index in [1.807, 2.05) is 12.1 Å². The van der Waals surface area contributed by atoms with E-state index >= 15 is 0 Å². The van der Waals surface area contributed by atoms with Crippen molar-refractivity contribution >= 4 is 20.4 Å². The van der Waals surface area contributed by atoms with Crippen LogP contribution in [0.3, 0.4) is 0 Å². The second kappa shape index (κ2) is 8.95. The molecular weight excluding hydrogens is 299 g/mol. The summed E-state index contributed by atoms with van der Waals surface area (Å²) < 4.78 is 13.5. The van der Waals surface area contributed by atoms with Gasteiger partial charge in [-0.05, 0) is 49.3 Å². The highest BCUT2D eigenvalue weighted by molar-refractivity contribution is 6.59. The molecule has 1 fully saturated rings. The summed E-state index contributed by atoms with van der Waals surface area (Å²) in [7, 11) is -0.570. The van der Waals surface area contributed by atoms with Crippen molar-refractivity contribution in [3.8, 4) is 0 Å². The highest BCUT2D eigenvalue weighted by Crippen LogP contribution is 2.35. The fourth-order valence-corrected chi connectivity index (χ4v) is 7.16. The third-order valence-corrected chi connectivity index (χ3v) is 8.70. The molecule has 0 nitrogen and oxygen atoms in total. The fourth-order valence-electron chi connectivity index (χ4n) is 3.60. The first-order chi connectivity index (χ1) is 10.2. The SMILES string of the molecule is CCCC(F)CCC[SiH]1CCC(c2ccc(Cl)cc2)CC1. The van der Waals surface area contributed by atoms with Crippen LogP contribution in [0.5, 0.6) is 0 Å². The standard InChI is InChI=1S/C18H28ClFSi/c1-2-4-18(20)5-3-12-21-13-10-16(11-14-21)15-6-8-17(19)9-7-15/h6-9,16,18,21H,2-5,10-14H2,1H3. The van der Waals surface area contributed by atoms with Crippen LogP contribution < -0.4 is 0 Å². The summed E-state index contributed by atoms with van der Waals surface area (Å²) in [5, 5.41) is 0.828. The lowest BCUT2D eigenvalue weighted by molar-refractivity contribution is 0.291. The van der Waals surface area contributed by atoms with E-state index in [1.165, 1.54) is 36.5 Å². The number of rotatable bonds is 7. The highest BCUT2D eigenvalue weighted by atomic mass is 35.5. The monoisotopic (exact) mass is 326 g/mol. The van der Waals surface area contributed by atoms with Crippen molar-refractivity contribution in [2.75, 3.05) is 0 Å². The molecule has 2 rings (SSSR count). The van der Waals surface area contributed by atoms with E-state index < -0.39 is 15.0 Å². The Morgan fingerprint density at radius 1 is 1.19 bits per heavy atom. The Hall–Kier alpha value is -0.343. The van der Waals surface area contributed by atoms with Crippen LogP contribution in [-0.2, 0) is 0 Å². The van der Waals surface area contributed by atoms with Gasteiger partial charge in [0.1, 0.15) is 6.17 Å². The Bertz CT molecular complexity index is 398. The average molecular weight is 327 g/mol. The minimum Gasteiger partial charge on any atom is -0.247 e. The molecule has 0 saturated carbocycles. The maximum Gasteiger partial charge on any atom is 0.100 e. The molecule has 1 heterocycles. The van der Waals surface area contributed by atoms with Gasteiger partial charge in [0.15, 0.2) is 0 Å². The van der Waals surface area contributed by atoms with Crippen molar-refractivity contribution < 1.29 is 4.39 Å². The fraction of sp³-hybridized carbons (Fsp3) is 0.667. The normalized spacial score (nSPS) is 24.0. The maximum atomic E-state index is 13.5. The molecule has 1 atom stereocenters. The third-order valence-electron chi connectivity index (χ3n) is 4.92. The van der Waals surface area contributed by atoms with Crippen LogP contribution in [0.25, 0.3) is 0 Å². The third kappa shape index (κ3) is 5.75. The number of hydrogen-bond donors (Lipinski definition) is 0. The highest BCUT2D eigenvalue weighted by Gasteiger charge is 2.23. The van der Waals surface area contributed by atoms with Gasteiger partial charge in [0.05, 0.1) is 0 Å². The summed E-state index contributed by atoms with van der Waals surface area (Å²) in [5.41, 5.74) is 1.46. The lowest BCUT2D eigenvalue weighted by Gasteiger charge is -2.28. The predicted octanol–water partition coefficient (Wildman–Crippen LogP) is 6.36. The molecule has 21 heavy (non-hydrogen) atoms. The summed E-state index contributed by atoms with van der Waals surface area (Å²) in [5.74, 6) is 0.736. The number of alkyl halides is 1. The zero-order valence-corrected chi connectivity index (χ0v) is 15.1. The topological polar surface area (TPSA) is 0 Å². The van der Waals surface area contributed by atoms with Gasteiger partial charge in [-0.25, -0.2) is 4.39 Å². The molecular formula is C18H28ClFSi. The molecule has 3 heteroatoms. The summed E-state index contributed by atoms with van der Waals surface area (Å²) in [6, 6.07) is 12.6. The van der Waals surface area contributed by atoms with Crippen LogP contribution in [-0.4, -0.2) is 15.0 Å². The smallest absolute Gasteiger partial charge is 0.100 e. The van der Waals surface area contributed by atoms with Gasteiger partial charge in [0.2, 0.25) is 0 Å². The van der Waals surface area contributed by atoms with Gasteiger partial charge >= 0.3 is 0 Å². The Kier molecular flexibility index (Phi) is 7.25. The number of halogens is 2. The Labute approximate surface area is 135 Å². The number of benzene rings is 1. The van der Waals surface area contributed by atoms with Crippen molar-refractivity contribution in [1.29, 1.82) is 0 Å². The van der Waals surface area contributed by atoms with E-state index in [9.17, 15) is 4.39 Å². The maximum absolute atomic E-state index is 13.5.